The van der Waals surface area contributed by atoms with Crippen LogP contribution in [-0.2, 0) is 6.54 Å². The van der Waals surface area contributed by atoms with E-state index in [1.807, 2.05) is 58.3 Å². The van der Waals surface area contributed by atoms with Crippen molar-refractivity contribution in [2.45, 2.75) is 13.5 Å². The van der Waals surface area contributed by atoms with E-state index in [1.165, 1.54) is 11.1 Å². The average molecular weight is 359 g/mol. The second-order valence-corrected chi connectivity index (χ2v) is 7.13. The van der Waals surface area contributed by atoms with Crippen molar-refractivity contribution in [3.05, 3.63) is 89.7 Å². The van der Waals surface area contributed by atoms with E-state index in [1.54, 1.807) is 0 Å². The largest absolute Gasteiger partial charge is 0.336 e. The highest BCUT2D eigenvalue weighted by molar-refractivity contribution is 5.94. The van der Waals surface area contributed by atoms with E-state index in [0.29, 0.717) is 0 Å². The minimum absolute atomic E-state index is 0.129. The smallest absolute Gasteiger partial charge is 0.253 e. The third-order valence-corrected chi connectivity index (χ3v) is 5.33. The van der Waals surface area contributed by atoms with Crippen LogP contribution < -0.4 is 0 Å². The molecule has 4 rings (SSSR count). The Morgan fingerprint density at radius 3 is 2.19 bits per heavy atom. The number of hydrogen-bond donors (Lipinski definition) is 0. The van der Waals surface area contributed by atoms with Crippen molar-refractivity contribution >= 4 is 5.91 Å². The van der Waals surface area contributed by atoms with Crippen molar-refractivity contribution in [1.82, 2.24) is 14.4 Å². The number of aromatic nitrogens is 1. The molecule has 1 saturated heterocycles. The van der Waals surface area contributed by atoms with Gasteiger partial charge in [-0.3, -0.25) is 9.69 Å². The lowest BCUT2D eigenvalue weighted by atomic mass is 10.1. The van der Waals surface area contributed by atoms with Crippen LogP contribution in [0.15, 0.2) is 73.1 Å². The summed E-state index contributed by atoms with van der Waals surface area (Å²) in [4.78, 5) is 17.2. The number of rotatable bonds is 4. The van der Waals surface area contributed by atoms with Gasteiger partial charge in [0.05, 0.1) is 0 Å². The summed E-state index contributed by atoms with van der Waals surface area (Å²) in [6, 6.07) is 20.4. The minimum Gasteiger partial charge on any atom is -0.336 e. The van der Waals surface area contributed by atoms with Crippen LogP contribution in [0.4, 0.5) is 0 Å². The topological polar surface area (TPSA) is 28.5 Å². The zero-order valence-corrected chi connectivity index (χ0v) is 15.7. The molecule has 27 heavy (non-hydrogen) atoms. The van der Waals surface area contributed by atoms with Gasteiger partial charge in [0, 0.05) is 56.4 Å². The van der Waals surface area contributed by atoms with Crippen molar-refractivity contribution in [2.24, 2.45) is 0 Å². The highest BCUT2D eigenvalue weighted by atomic mass is 16.2. The van der Waals surface area contributed by atoms with Crippen molar-refractivity contribution in [3.63, 3.8) is 0 Å². The molecule has 1 amide bonds. The van der Waals surface area contributed by atoms with E-state index in [0.717, 1.165) is 44.0 Å². The summed E-state index contributed by atoms with van der Waals surface area (Å²) in [5.74, 6) is 0.129. The van der Waals surface area contributed by atoms with Crippen LogP contribution in [0.2, 0.25) is 0 Å². The van der Waals surface area contributed by atoms with E-state index >= 15 is 0 Å². The molecular formula is C23H25N3O. The molecule has 1 fully saturated rings. The van der Waals surface area contributed by atoms with Crippen LogP contribution in [0, 0.1) is 6.92 Å². The molecule has 1 aliphatic heterocycles. The normalized spacial score (nSPS) is 15.1. The summed E-state index contributed by atoms with van der Waals surface area (Å²) in [5.41, 5.74) is 4.54. The molecule has 0 spiro atoms. The lowest BCUT2D eigenvalue weighted by molar-refractivity contribution is 0.0628. The van der Waals surface area contributed by atoms with Gasteiger partial charge in [-0.15, -0.1) is 0 Å². The Bertz CT molecular complexity index is 892. The summed E-state index contributed by atoms with van der Waals surface area (Å²) >= 11 is 0. The zero-order valence-electron chi connectivity index (χ0n) is 15.7. The first-order valence-corrected chi connectivity index (χ1v) is 9.50. The summed E-state index contributed by atoms with van der Waals surface area (Å²) < 4.78 is 2.04. The molecule has 0 aliphatic carbocycles. The number of carbonyl (C=O) groups is 1. The number of amides is 1. The van der Waals surface area contributed by atoms with Gasteiger partial charge < -0.3 is 9.47 Å². The van der Waals surface area contributed by atoms with Crippen LogP contribution >= 0.6 is 0 Å². The molecule has 0 saturated carbocycles. The van der Waals surface area contributed by atoms with Gasteiger partial charge in [0.1, 0.15) is 0 Å². The highest BCUT2D eigenvalue weighted by Crippen LogP contribution is 2.15. The second-order valence-electron chi connectivity index (χ2n) is 7.13. The third kappa shape index (κ3) is 3.96. The molecule has 1 aromatic heterocycles. The van der Waals surface area contributed by atoms with Gasteiger partial charge in [-0.1, -0.05) is 24.3 Å². The van der Waals surface area contributed by atoms with Gasteiger partial charge in [0.15, 0.2) is 0 Å². The lowest BCUT2D eigenvalue weighted by Crippen LogP contribution is -2.48. The molecule has 0 atom stereocenters. The fourth-order valence-corrected chi connectivity index (χ4v) is 3.60. The van der Waals surface area contributed by atoms with Gasteiger partial charge in [-0.05, 0) is 54.4 Å². The minimum atomic E-state index is 0.129. The maximum absolute atomic E-state index is 12.8. The quantitative estimate of drug-likeness (QED) is 0.710. The monoisotopic (exact) mass is 359 g/mol. The Kier molecular flexibility index (Phi) is 5.07. The maximum Gasteiger partial charge on any atom is 0.253 e. The molecule has 2 aromatic carbocycles. The number of aryl methyl sites for hydroxylation is 1. The fourth-order valence-electron chi connectivity index (χ4n) is 3.60. The van der Waals surface area contributed by atoms with Crippen LogP contribution in [0.3, 0.4) is 0 Å². The predicted molar refractivity (Wildman–Crippen MR) is 108 cm³/mol. The summed E-state index contributed by atoms with van der Waals surface area (Å²) in [5, 5.41) is 0. The van der Waals surface area contributed by atoms with Crippen LogP contribution in [0.5, 0.6) is 0 Å². The van der Waals surface area contributed by atoms with Gasteiger partial charge in [-0.25, -0.2) is 0 Å². The van der Waals surface area contributed by atoms with Gasteiger partial charge >= 0.3 is 0 Å². The highest BCUT2D eigenvalue weighted by Gasteiger charge is 2.22. The molecule has 0 bridgehead atoms. The van der Waals surface area contributed by atoms with Crippen LogP contribution in [0.1, 0.15) is 21.5 Å². The van der Waals surface area contributed by atoms with Gasteiger partial charge in [-0.2, -0.15) is 0 Å². The lowest BCUT2D eigenvalue weighted by Gasteiger charge is -2.35. The Morgan fingerprint density at radius 2 is 1.52 bits per heavy atom. The number of benzene rings is 2. The molecule has 138 valence electrons. The first-order chi connectivity index (χ1) is 13.2. The molecule has 4 nitrogen and oxygen atoms in total. The van der Waals surface area contributed by atoms with Crippen molar-refractivity contribution < 1.29 is 4.79 Å². The van der Waals surface area contributed by atoms with Gasteiger partial charge in [0.25, 0.3) is 5.91 Å². The first kappa shape index (κ1) is 17.6. The molecule has 0 N–H and O–H groups in total. The average Bonchev–Trinajstić information content (AvgIpc) is 3.25. The summed E-state index contributed by atoms with van der Waals surface area (Å²) in [6.07, 6.45) is 4.01. The van der Waals surface area contributed by atoms with E-state index in [9.17, 15) is 4.79 Å². The predicted octanol–water partition coefficient (Wildman–Crippen LogP) is 3.74. The van der Waals surface area contributed by atoms with E-state index < -0.39 is 0 Å². The molecule has 2 heterocycles. The van der Waals surface area contributed by atoms with Crippen molar-refractivity contribution in [1.29, 1.82) is 0 Å². The Hall–Kier alpha value is -2.85. The Morgan fingerprint density at radius 1 is 0.852 bits per heavy atom. The van der Waals surface area contributed by atoms with E-state index in [-0.39, 0.29) is 5.91 Å². The van der Waals surface area contributed by atoms with Crippen molar-refractivity contribution in [2.75, 3.05) is 26.2 Å². The maximum atomic E-state index is 12.8. The Balaban J connectivity index is 1.35. The molecule has 1 aliphatic rings. The number of hydrogen-bond acceptors (Lipinski definition) is 2. The second kappa shape index (κ2) is 7.80. The third-order valence-electron chi connectivity index (χ3n) is 5.33. The van der Waals surface area contributed by atoms with Crippen LogP contribution in [0.25, 0.3) is 5.69 Å². The Labute approximate surface area is 160 Å². The number of carbonyl (C=O) groups excluding carboxylic acids is 1. The van der Waals surface area contributed by atoms with Gasteiger partial charge in [0.2, 0.25) is 0 Å². The molecule has 0 radical (unpaired) electrons. The molecular weight excluding hydrogens is 334 g/mol. The number of nitrogens with zero attached hydrogens (tertiary/aromatic N) is 3. The first-order valence-electron chi connectivity index (χ1n) is 9.50. The standard InChI is InChI=1S/C23H25N3O/c1-19-6-2-3-7-21(19)18-24-14-16-26(17-15-24)23(27)20-8-10-22(11-9-20)25-12-4-5-13-25/h2-13H,14-18H2,1H3. The molecule has 4 heteroatoms. The van der Waals surface area contributed by atoms with E-state index in [4.69, 9.17) is 0 Å². The molecule has 3 aromatic rings. The summed E-state index contributed by atoms with van der Waals surface area (Å²) in [6.45, 7) is 6.52. The number of piperazine rings is 1. The SMILES string of the molecule is Cc1ccccc1CN1CCN(C(=O)c2ccc(-n3cccc3)cc2)CC1. The summed E-state index contributed by atoms with van der Waals surface area (Å²) in [7, 11) is 0. The molecule has 0 unspecified atom stereocenters. The fraction of sp³-hybridized carbons (Fsp3) is 0.261. The van der Waals surface area contributed by atoms with Crippen molar-refractivity contribution in [3.8, 4) is 5.69 Å². The zero-order chi connectivity index (χ0) is 18.6. The van der Waals surface area contributed by atoms with Crippen LogP contribution in [-0.4, -0.2) is 46.5 Å². The van der Waals surface area contributed by atoms with E-state index in [2.05, 4.69) is 36.1 Å².